The topological polar surface area (TPSA) is 130 Å². The van der Waals surface area contributed by atoms with Crippen LogP contribution in [0.15, 0.2) is 21.3 Å². The number of ether oxygens (including phenoxy) is 2. The van der Waals surface area contributed by atoms with E-state index in [1.54, 1.807) is 13.0 Å². The van der Waals surface area contributed by atoms with Crippen LogP contribution in [0.1, 0.15) is 29.5 Å². The van der Waals surface area contributed by atoms with E-state index in [1.807, 2.05) is 6.07 Å². The normalized spacial score (nSPS) is 30.2. The second-order valence-electron chi connectivity index (χ2n) is 7.43. The molecule has 5 atom stereocenters. The zero-order chi connectivity index (χ0) is 20.0. The highest BCUT2D eigenvalue weighted by Crippen LogP contribution is 2.34. The van der Waals surface area contributed by atoms with Crippen molar-refractivity contribution in [2.45, 2.75) is 63.3 Å². The lowest BCUT2D eigenvalue weighted by molar-refractivity contribution is -0.277. The average molecular weight is 392 g/mol. The highest BCUT2D eigenvalue weighted by Gasteiger charge is 2.44. The van der Waals surface area contributed by atoms with Crippen LogP contribution in [0.25, 0.3) is 11.0 Å². The molecule has 0 bridgehead atoms. The van der Waals surface area contributed by atoms with Crippen molar-refractivity contribution in [3.8, 4) is 5.75 Å². The third-order valence-electron chi connectivity index (χ3n) is 5.68. The van der Waals surface area contributed by atoms with E-state index in [0.29, 0.717) is 16.9 Å². The van der Waals surface area contributed by atoms with Crippen LogP contribution >= 0.6 is 0 Å². The minimum atomic E-state index is -1.53. The molecule has 1 aliphatic carbocycles. The van der Waals surface area contributed by atoms with Crippen LogP contribution in [0.5, 0.6) is 5.75 Å². The van der Waals surface area contributed by atoms with E-state index in [2.05, 4.69) is 0 Å². The molecule has 2 aliphatic rings. The maximum absolute atomic E-state index is 12.4. The van der Waals surface area contributed by atoms with Crippen LogP contribution < -0.4 is 10.4 Å². The Bertz CT molecular complexity index is 934. The smallest absolute Gasteiger partial charge is 0.339 e. The summed E-state index contributed by atoms with van der Waals surface area (Å²) in [6, 6.07) is 3.52. The molecule has 1 aliphatic heterocycles. The van der Waals surface area contributed by atoms with Crippen molar-refractivity contribution in [3.05, 3.63) is 39.2 Å². The summed E-state index contributed by atoms with van der Waals surface area (Å²) in [6.07, 6.45) is -3.31. The first-order valence-electron chi connectivity index (χ1n) is 9.47. The largest absolute Gasteiger partial charge is 0.462 e. The fourth-order valence-corrected chi connectivity index (χ4v) is 4.04. The van der Waals surface area contributed by atoms with E-state index >= 15 is 0 Å². The Hall–Kier alpha value is -1.97. The van der Waals surface area contributed by atoms with Crippen molar-refractivity contribution in [2.75, 3.05) is 6.61 Å². The maximum atomic E-state index is 12.4. The average Bonchev–Trinajstić information content (AvgIpc) is 2.71. The molecule has 152 valence electrons. The molecule has 28 heavy (non-hydrogen) atoms. The number of benzene rings is 1. The van der Waals surface area contributed by atoms with Gasteiger partial charge in [0.25, 0.3) is 0 Å². The standard InChI is InChI=1S/C20H24O8/c1-9-13(26-20-17(24)16(23)15(22)14(8-21)27-20)7-6-11-10-4-2-3-5-12(10)19(25)28-18(9)11/h6-7,14-17,20-24H,2-5,8H2,1H3. The first kappa shape index (κ1) is 19.4. The zero-order valence-electron chi connectivity index (χ0n) is 15.5. The van der Waals surface area contributed by atoms with Crippen LogP contribution in [-0.4, -0.2) is 57.7 Å². The Morgan fingerprint density at radius 2 is 1.79 bits per heavy atom. The van der Waals surface area contributed by atoms with Gasteiger partial charge in [-0.2, -0.15) is 0 Å². The van der Waals surface area contributed by atoms with Gasteiger partial charge < -0.3 is 34.3 Å². The van der Waals surface area contributed by atoms with Gasteiger partial charge in [-0.05, 0) is 50.3 Å². The van der Waals surface area contributed by atoms with Gasteiger partial charge in [-0.15, -0.1) is 0 Å². The summed E-state index contributed by atoms with van der Waals surface area (Å²) in [5.41, 5.74) is 2.41. The molecule has 2 heterocycles. The minimum Gasteiger partial charge on any atom is -0.462 e. The van der Waals surface area contributed by atoms with Crippen molar-refractivity contribution in [2.24, 2.45) is 0 Å². The second-order valence-corrected chi connectivity index (χ2v) is 7.43. The maximum Gasteiger partial charge on any atom is 0.339 e. The van der Waals surface area contributed by atoms with E-state index < -0.39 is 37.3 Å². The number of rotatable bonds is 3. The van der Waals surface area contributed by atoms with Gasteiger partial charge in [-0.25, -0.2) is 4.79 Å². The molecular formula is C20H24O8. The van der Waals surface area contributed by atoms with Crippen molar-refractivity contribution in [3.63, 3.8) is 0 Å². The number of aryl methyl sites for hydroxylation is 2. The highest BCUT2D eigenvalue weighted by molar-refractivity contribution is 5.86. The van der Waals surface area contributed by atoms with Crippen molar-refractivity contribution in [1.29, 1.82) is 0 Å². The van der Waals surface area contributed by atoms with Gasteiger partial charge >= 0.3 is 5.63 Å². The molecule has 8 heteroatoms. The first-order chi connectivity index (χ1) is 13.4. The molecule has 0 amide bonds. The third kappa shape index (κ3) is 3.11. The van der Waals surface area contributed by atoms with Crippen molar-refractivity contribution in [1.82, 2.24) is 0 Å². The summed E-state index contributed by atoms with van der Waals surface area (Å²) in [5, 5.41) is 40.2. The van der Waals surface area contributed by atoms with Gasteiger partial charge in [0.1, 0.15) is 35.7 Å². The summed E-state index contributed by atoms with van der Waals surface area (Å²) >= 11 is 0. The van der Waals surface area contributed by atoms with Gasteiger partial charge in [0, 0.05) is 16.5 Å². The van der Waals surface area contributed by atoms with Gasteiger partial charge in [0.15, 0.2) is 0 Å². The van der Waals surface area contributed by atoms with E-state index in [0.717, 1.165) is 42.2 Å². The van der Waals surface area contributed by atoms with Gasteiger partial charge in [0.05, 0.1) is 6.61 Å². The van der Waals surface area contributed by atoms with E-state index in [9.17, 15) is 25.2 Å². The third-order valence-corrected chi connectivity index (χ3v) is 5.68. The van der Waals surface area contributed by atoms with Gasteiger partial charge in [-0.1, -0.05) is 0 Å². The zero-order valence-corrected chi connectivity index (χ0v) is 15.5. The molecule has 4 rings (SSSR count). The predicted octanol–water partition coefficient (Wildman–Crippen LogP) is 0.159. The molecule has 0 saturated carbocycles. The minimum absolute atomic E-state index is 0.315. The van der Waals surface area contributed by atoms with Crippen LogP contribution in [0.2, 0.25) is 0 Å². The van der Waals surface area contributed by atoms with Crippen LogP contribution in [0.3, 0.4) is 0 Å². The number of fused-ring (bicyclic) bond motifs is 3. The molecular weight excluding hydrogens is 368 g/mol. The van der Waals surface area contributed by atoms with Crippen LogP contribution in [0, 0.1) is 6.92 Å². The Labute approximate surface area is 160 Å². The number of hydrogen-bond donors (Lipinski definition) is 4. The summed E-state index contributed by atoms with van der Waals surface area (Å²) in [6.45, 7) is 1.20. The Morgan fingerprint density at radius 1 is 1.07 bits per heavy atom. The van der Waals surface area contributed by atoms with Crippen LogP contribution in [-0.2, 0) is 17.6 Å². The lowest BCUT2D eigenvalue weighted by Gasteiger charge is -2.39. The van der Waals surface area contributed by atoms with Crippen molar-refractivity contribution < 1.29 is 34.3 Å². The van der Waals surface area contributed by atoms with Crippen LogP contribution in [0.4, 0.5) is 0 Å². The summed E-state index contributed by atoms with van der Waals surface area (Å²) in [4.78, 5) is 12.4. The molecule has 8 nitrogen and oxygen atoms in total. The molecule has 5 unspecified atom stereocenters. The molecule has 1 aromatic heterocycles. The molecule has 4 N–H and O–H groups in total. The predicted molar refractivity (Wildman–Crippen MR) is 98.3 cm³/mol. The molecule has 0 radical (unpaired) electrons. The lowest BCUT2D eigenvalue weighted by atomic mass is 9.90. The van der Waals surface area contributed by atoms with E-state index in [1.165, 1.54) is 0 Å². The Kier molecular flexibility index (Phi) is 5.15. The molecule has 2 aromatic rings. The molecule has 1 aromatic carbocycles. The lowest BCUT2D eigenvalue weighted by Crippen LogP contribution is -2.60. The van der Waals surface area contributed by atoms with Crippen molar-refractivity contribution >= 4 is 11.0 Å². The molecule has 1 fully saturated rings. The Morgan fingerprint density at radius 3 is 2.50 bits per heavy atom. The number of aliphatic hydroxyl groups excluding tert-OH is 4. The number of hydrogen-bond acceptors (Lipinski definition) is 8. The monoisotopic (exact) mass is 392 g/mol. The quantitative estimate of drug-likeness (QED) is 0.544. The SMILES string of the molecule is Cc1c(OC2OC(CO)C(O)C(O)C2O)ccc2c3c(c(=O)oc12)CCCC3. The van der Waals surface area contributed by atoms with E-state index in [-0.39, 0.29) is 5.63 Å². The van der Waals surface area contributed by atoms with E-state index in [4.69, 9.17) is 13.9 Å². The fourth-order valence-electron chi connectivity index (χ4n) is 4.04. The number of aliphatic hydroxyl groups is 4. The highest BCUT2D eigenvalue weighted by atomic mass is 16.7. The van der Waals surface area contributed by atoms with Gasteiger partial charge in [-0.3, -0.25) is 0 Å². The molecule has 1 saturated heterocycles. The fraction of sp³-hybridized carbons (Fsp3) is 0.550. The first-order valence-corrected chi connectivity index (χ1v) is 9.47. The van der Waals surface area contributed by atoms with Gasteiger partial charge in [0.2, 0.25) is 6.29 Å². The summed E-state index contributed by atoms with van der Waals surface area (Å²) in [7, 11) is 0. The Balaban J connectivity index is 1.70. The second kappa shape index (κ2) is 7.46. The molecule has 0 spiro atoms. The summed E-state index contributed by atoms with van der Waals surface area (Å²) in [5.74, 6) is 0.315. The summed E-state index contributed by atoms with van der Waals surface area (Å²) < 4.78 is 16.7.